The SMILES string of the molecule is CC(C)CN(CC(=O)O)CC1CN(C(C)C)CCO1. The van der Waals surface area contributed by atoms with Crippen molar-refractivity contribution in [2.75, 3.05) is 39.3 Å². The molecule has 1 saturated heterocycles. The van der Waals surface area contributed by atoms with Gasteiger partial charge < -0.3 is 9.84 Å². The highest BCUT2D eigenvalue weighted by Crippen LogP contribution is 2.11. The number of ether oxygens (including phenoxy) is 1. The molecule has 1 fully saturated rings. The van der Waals surface area contributed by atoms with Crippen molar-refractivity contribution in [1.29, 1.82) is 0 Å². The van der Waals surface area contributed by atoms with Gasteiger partial charge in [0.1, 0.15) is 0 Å². The fourth-order valence-corrected chi connectivity index (χ4v) is 2.52. The van der Waals surface area contributed by atoms with E-state index in [1.54, 1.807) is 0 Å². The zero-order valence-corrected chi connectivity index (χ0v) is 12.6. The molecule has 1 aliphatic heterocycles. The van der Waals surface area contributed by atoms with Gasteiger partial charge in [-0.15, -0.1) is 0 Å². The summed E-state index contributed by atoms with van der Waals surface area (Å²) in [6.07, 6.45) is 0.120. The van der Waals surface area contributed by atoms with Crippen LogP contribution in [0.25, 0.3) is 0 Å². The van der Waals surface area contributed by atoms with Crippen LogP contribution in [0, 0.1) is 5.92 Å². The second-order valence-corrected chi connectivity index (χ2v) is 6.06. The van der Waals surface area contributed by atoms with Crippen LogP contribution < -0.4 is 0 Å². The van der Waals surface area contributed by atoms with Gasteiger partial charge in [0.05, 0.1) is 19.3 Å². The molecule has 1 unspecified atom stereocenters. The summed E-state index contributed by atoms with van der Waals surface area (Å²) < 4.78 is 5.78. The minimum Gasteiger partial charge on any atom is -0.480 e. The Kier molecular flexibility index (Phi) is 6.75. The van der Waals surface area contributed by atoms with Crippen LogP contribution in [0.4, 0.5) is 0 Å². The van der Waals surface area contributed by atoms with Crippen molar-refractivity contribution in [2.45, 2.75) is 39.8 Å². The molecular formula is C14H28N2O3. The summed E-state index contributed by atoms with van der Waals surface area (Å²) in [6.45, 7) is 12.8. The lowest BCUT2D eigenvalue weighted by Crippen LogP contribution is -2.50. The summed E-state index contributed by atoms with van der Waals surface area (Å²) in [5.41, 5.74) is 0. The van der Waals surface area contributed by atoms with E-state index >= 15 is 0 Å². The van der Waals surface area contributed by atoms with Crippen molar-refractivity contribution in [3.8, 4) is 0 Å². The van der Waals surface area contributed by atoms with Crippen LogP contribution >= 0.6 is 0 Å². The smallest absolute Gasteiger partial charge is 0.317 e. The highest BCUT2D eigenvalue weighted by atomic mass is 16.5. The molecule has 112 valence electrons. The molecule has 0 aromatic heterocycles. The first-order valence-corrected chi connectivity index (χ1v) is 7.18. The third kappa shape index (κ3) is 6.36. The van der Waals surface area contributed by atoms with Crippen LogP contribution in [-0.4, -0.2) is 72.4 Å². The number of rotatable bonds is 7. The Hall–Kier alpha value is -0.650. The molecule has 0 bridgehead atoms. The maximum absolute atomic E-state index is 10.9. The molecule has 0 aromatic carbocycles. The van der Waals surface area contributed by atoms with E-state index in [9.17, 15) is 4.79 Å². The number of hydrogen-bond acceptors (Lipinski definition) is 4. The van der Waals surface area contributed by atoms with Gasteiger partial charge in [-0.25, -0.2) is 0 Å². The molecule has 19 heavy (non-hydrogen) atoms. The van der Waals surface area contributed by atoms with Crippen LogP contribution in [0.3, 0.4) is 0 Å². The van der Waals surface area contributed by atoms with E-state index in [2.05, 4.69) is 32.6 Å². The number of aliphatic carboxylic acids is 1. The van der Waals surface area contributed by atoms with Gasteiger partial charge in [-0.05, 0) is 19.8 Å². The highest BCUT2D eigenvalue weighted by molar-refractivity contribution is 5.69. The van der Waals surface area contributed by atoms with Gasteiger partial charge in [0.15, 0.2) is 0 Å². The summed E-state index contributed by atoms with van der Waals surface area (Å²) in [4.78, 5) is 15.3. The maximum Gasteiger partial charge on any atom is 0.317 e. The van der Waals surface area contributed by atoms with Crippen molar-refractivity contribution in [3.63, 3.8) is 0 Å². The van der Waals surface area contributed by atoms with Crippen LogP contribution in [-0.2, 0) is 9.53 Å². The fraction of sp³-hybridized carbons (Fsp3) is 0.929. The largest absolute Gasteiger partial charge is 0.480 e. The van der Waals surface area contributed by atoms with E-state index in [1.807, 2.05) is 4.90 Å². The summed E-state index contributed by atoms with van der Waals surface area (Å²) in [6, 6.07) is 0.518. The lowest BCUT2D eigenvalue weighted by atomic mass is 10.1. The van der Waals surface area contributed by atoms with Crippen molar-refractivity contribution >= 4 is 5.97 Å². The van der Waals surface area contributed by atoms with E-state index in [1.165, 1.54) is 0 Å². The second-order valence-electron chi connectivity index (χ2n) is 6.06. The van der Waals surface area contributed by atoms with Gasteiger partial charge in [-0.3, -0.25) is 14.6 Å². The molecule has 0 spiro atoms. The third-order valence-corrected chi connectivity index (χ3v) is 3.34. The molecule has 1 rings (SSSR count). The normalized spacial score (nSPS) is 21.5. The summed E-state index contributed by atoms with van der Waals surface area (Å²) in [5.74, 6) is -0.304. The number of carboxylic acids is 1. The number of morpholine rings is 1. The van der Waals surface area contributed by atoms with E-state index in [0.717, 1.165) is 26.2 Å². The van der Waals surface area contributed by atoms with Crippen molar-refractivity contribution in [1.82, 2.24) is 9.80 Å². The molecule has 1 heterocycles. The Morgan fingerprint density at radius 1 is 1.42 bits per heavy atom. The molecule has 1 aliphatic rings. The first-order valence-electron chi connectivity index (χ1n) is 7.18. The molecule has 1 atom stereocenters. The van der Waals surface area contributed by atoms with E-state index in [-0.39, 0.29) is 12.6 Å². The van der Waals surface area contributed by atoms with Gasteiger partial charge in [0.25, 0.3) is 0 Å². The summed E-state index contributed by atoms with van der Waals surface area (Å²) in [7, 11) is 0. The molecule has 0 aliphatic carbocycles. The monoisotopic (exact) mass is 272 g/mol. The first-order chi connectivity index (χ1) is 8.88. The number of carbonyl (C=O) groups is 1. The van der Waals surface area contributed by atoms with Gasteiger partial charge in [-0.2, -0.15) is 0 Å². The highest BCUT2D eigenvalue weighted by Gasteiger charge is 2.25. The van der Waals surface area contributed by atoms with Crippen LogP contribution in [0.2, 0.25) is 0 Å². The Bertz CT molecular complexity index is 282. The zero-order chi connectivity index (χ0) is 14.4. The molecular weight excluding hydrogens is 244 g/mol. The predicted molar refractivity (Wildman–Crippen MR) is 75.4 cm³/mol. The van der Waals surface area contributed by atoms with E-state index in [4.69, 9.17) is 9.84 Å². The minimum atomic E-state index is -0.767. The molecule has 0 amide bonds. The Labute approximate surface area is 116 Å². The van der Waals surface area contributed by atoms with E-state index < -0.39 is 5.97 Å². The van der Waals surface area contributed by atoms with Gasteiger partial charge in [0, 0.05) is 32.2 Å². The summed E-state index contributed by atoms with van der Waals surface area (Å²) in [5, 5.41) is 8.97. The molecule has 5 nitrogen and oxygen atoms in total. The quantitative estimate of drug-likeness (QED) is 0.753. The van der Waals surface area contributed by atoms with Gasteiger partial charge >= 0.3 is 5.97 Å². The Morgan fingerprint density at radius 3 is 2.63 bits per heavy atom. The molecule has 5 heteroatoms. The topological polar surface area (TPSA) is 53.0 Å². The molecule has 0 saturated carbocycles. The molecule has 0 aromatic rings. The average Bonchev–Trinajstić information content (AvgIpc) is 2.27. The van der Waals surface area contributed by atoms with Crippen LogP contribution in [0.1, 0.15) is 27.7 Å². The lowest BCUT2D eigenvalue weighted by molar-refractivity contribution is -0.139. The second kappa shape index (κ2) is 7.82. The van der Waals surface area contributed by atoms with Crippen molar-refractivity contribution < 1.29 is 14.6 Å². The van der Waals surface area contributed by atoms with Gasteiger partial charge in [0.2, 0.25) is 0 Å². The minimum absolute atomic E-state index is 0.0969. The third-order valence-electron chi connectivity index (χ3n) is 3.34. The number of hydrogen-bond donors (Lipinski definition) is 1. The molecule has 1 N–H and O–H groups in total. The number of nitrogens with zero attached hydrogens (tertiary/aromatic N) is 2. The summed E-state index contributed by atoms with van der Waals surface area (Å²) >= 11 is 0. The van der Waals surface area contributed by atoms with Crippen LogP contribution in [0.15, 0.2) is 0 Å². The Morgan fingerprint density at radius 2 is 2.11 bits per heavy atom. The van der Waals surface area contributed by atoms with Gasteiger partial charge in [-0.1, -0.05) is 13.8 Å². The maximum atomic E-state index is 10.9. The zero-order valence-electron chi connectivity index (χ0n) is 12.6. The first kappa shape index (κ1) is 16.4. The van der Waals surface area contributed by atoms with Crippen molar-refractivity contribution in [3.05, 3.63) is 0 Å². The average molecular weight is 272 g/mol. The van der Waals surface area contributed by atoms with E-state index in [0.29, 0.717) is 18.5 Å². The van der Waals surface area contributed by atoms with Crippen molar-refractivity contribution in [2.24, 2.45) is 5.92 Å². The molecule has 0 radical (unpaired) electrons. The van der Waals surface area contributed by atoms with Crippen LogP contribution in [0.5, 0.6) is 0 Å². The predicted octanol–water partition coefficient (Wildman–Crippen LogP) is 1.14. The number of carboxylic acid groups (broad SMARTS) is 1. The Balaban J connectivity index is 2.50. The lowest BCUT2D eigenvalue weighted by Gasteiger charge is -2.37. The fourth-order valence-electron chi connectivity index (χ4n) is 2.52. The standard InChI is InChI=1S/C14H28N2O3/c1-11(2)7-15(10-14(17)18)8-13-9-16(12(3)4)5-6-19-13/h11-13H,5-10H2,1-4H3,(H,17,18).